The van der Waals surface area contributed by atoms with E-state index in [0.717, 1.165) is 52.1 Å². The van der Waals surface area contributed by atoms with Crippen molar-refractivity contribution in [2.24, 2.45) is 0 Å². The number of ether oxygens (including phenoxy) is 4. The third-order valence-corrected chi connectivity index (χ3v) is 6.98. The van der Waals surface area contributed by atoms with Crippen molar-refractivity contribution >= 4 is 16.7 Å². The molecule has 0 N–H and O–H groups in total. The molecule has 6 rings (SSSR count). The first-order chi connectivity index (χ1) is 17.3. The van der Waals surface area contributed by atoms with Gasteiger partial charge in [-0.05, 0) is 58.3 Å². The normalized spacial score (nSPS) is 13.8. The van der Waals surface area contributed by atoms with Crippen LogP contribution in [0, 0.1) is 0 Å². The second-order valence-corrected chi connectivity index (χ2v) is 10.3. The lowest BCUT2D eigenvalue weighted by Crippen LogP contribution is -2.40. The summed E-state index contributed by atoms with van der Waals surface area (Å²) in [6, 6.07) is 17.7. The standard InChI is InChI=1S/C30H28NO5/c1-30(2,3)21-8-5-18(6-9-21)29(32)36-28-23-16-31-12-11-20-14-26-27(35-17-34-26)15-22(20)24(31)13-19(23)7-10-25(28)33-4/h5-10,13-16H,11-12,17H2,1-4H3/q+1. The highest BCUT2D eigenvalue weighted by molar-refractivity contribution is 5.97. The molecule has 2 aliphatic rings. The van der Waals surface area contributed by atoms with E-state index in [4.69, 9.17) is 18.9 Å². The van der Waals surface area contributed by atoms with E-state index < -0.39 is 5.97 Å². The van der Waals surface area contributed by atoms with Gasteiger partial charge in [-0.3, -0.25) is 0 Å². The van der Waals surface area contributed by atoms with E-state index >= 15 is 0 Å². The molecule has 0 fully saturated rings. The topological polar surface area (TPSA) is 57.9 Å². The molecule has 3 heterocycles. The van der Waals surface area contributed by atoms with Crippen molar-refractivity contribution in [3.8, 4) is 34.3 Å². The molecule has 0 spiro atoms. The number of hydrogen-bond donors (Lipinski definition) is 0. The summed E-state index contributed by atoms with van der Waals surface area (Å²) in [5.41, 5.74) is 5.11. The molecule has 36 heavy (non-hydrogen) atoms. The number of hydrogen-bond acceptors (Lipinski definition) is 5. The van der Waals surface area contributed by atoms with Crippen molar-refractivity contribution in [3.05, 3.63) is 77.5 Å². The highest BCUT2D eigenvalue weighted by atomic mass is 16.7. The summed E-state index contributed by atoms with van der Waals surface area (Å²) in [5, 5.41) is 1.78. The van der Waals surface area contributed by atoms with Gasteiger partial charge >= 0.3 is 5.97 Å². The molecular formula is C30H28NO5+. The van der Waals surface area contributed by atoms with Gasteiger partial charge < -0.3 is 18.9 Å². The predicted molar refractivity (Wildman–Crippen MR) is 136 cm³/mol. The lowest BCUT2D eigenvalue weighted by molar-refractivity contribution is -0.686. The molecule has 6 nitrogen and oxygen atoms in total. The van der Waals surface area contributed by atoms with Gasteiger partial charge in [-0.15, -0.1) is 0 Å². The second-order valence-electron chi connectivity index (χ2n) is 10.3. The van der Waals surface area contributed by atoms with Crippen molar-refractivity contribution in [3.63, 3.8) is 0 Å². The van der Waals surface area contributed by atoms with Crippen LogP contribution >= 0.6 is 0 Å². The maximum Gasteiger partial charge on any atom is 0.343 e. The van der Waals surface area contributed by atoms with Crippen LogP contribution in [-0.4, -0.2) is 19.9 Å². The molecule has 4 aromatic rings. The minimum atomic E-state index is -0.415. The fraction of sp³-hybridized carbons (Fsp3) is 0.267. The number of carbonyl (C=O) groups is 1. The minimum Gasteiger partial charge on any atom is -0.493 e. The van der Waals surface area contributed by atoms with Gasteiger partial charge in [0.1, 0.15) is 0 Å². The number of nitrogens with zero attached hydrogens (tertiary/aromatic N) is 1. The Bertz CT molecular complexity index is 1520. The highest BCUT2D eigenvalue weighted by Gasteiger charge is 2.29. The zero-order chi connectivity index (χ0) is 25.0. The molecule has 3 aromatic carbocycles. The molecule has 0 saturated heterocycles. The van der Waals surface area contributed by atoms with Crippen molar-refractivity contribution in [2.45, 2.75) is 39.2 Å². The van der Waals surface area contributed by atoms with Gasteiger partial charge in [0.15, 0.2) is 35.7 Å². The molecular weight excluding hydrogens is 454 g/mol. The number of aromatic nitrogens is 1. The van der Waals surface area contributed by atoms with Gasteiger partial charge in [0, 0.05) is 12.5 Å². The number of aryl methyl sites for hydroxylation is 2. The van der Waals surface area contributed by atoms with Crippen molar-refractivity contribution in [1.82, 2.24) is 0 Å². The van der Waals surface area contributed by atoms with Crippen molar-refractivity contribution < 1.29 is 28.3 Å². The van der Waals surface area contributed by atoms with Gasteiger partial charge in [0.2, 0.25) is 12.5 Å². The number of methoxy groups -OCH3 is 1. The Kier molecular flexibility index (Phi) is 5.14. The summed E-state index contributed by atoms with van der Waals surface area (Å²) in [7, 11) is 1.58. The third-order valence-electron chi connectivity index (χ3n) is 6.98. The van der Waals surface area contributed by atoms with Crippen LogP contribution in [-0.2, 0) is 18.4 Å². The van der Waals surface area contributed by atoms with Gasteiger partial charge in [0.25, 0.3) is 0 Å². The van der Waals surface area contributed by atoms with Crippen LogP contribution in [0.2, 0.25) is 0 Å². The van der Waals surface area contributed by atoms with Crippen LogP contribution in [0.1, 0.15) is 42.3 Å². The molecule has 0 radical (unpaired) electrons. The SMILES string of the molecule is COc1ccc2cc3[n+](cc2c1OC(=O)c1ccc(C(C)(C)C)cc1)CCc1cc2c(cc1-3)OCO2. The Morgan fingerprint density at radius 1 is 0.972 bits per heavy atom. The first-order valence-electron chi connectivity index (χ1n) is 12.1. The Balaban J connectivity index is 1.40. The quantitative estimate of drug-likeness (QED) is 0.216. The van der Waals surface area contributed by atoms with E-state index in [1.165, 1.54) is 5.56 Å². The molecule has 0 amide bonds. The molecule has 0 bridgehead atoms. The number of rotatable bonds is 3. The first kappa shape index (κ1) is 22.4. The predicted octanol–water partition coefficient (Wildman–Crippen LogP) is 5.60. The molecule has 182 valence electrons. The molecule has 1 aromatic heterocycles. The van der Waals surface area contributed by atoms with E-state index in [1.807, 2.05) is 42.6 Å². The maximum atomic E-state index is 13.1. The van der Waals surface area contributed by atoms with E-state index in [0.29, 0.717) is 17.1 Å². The number of esters is 1. The fourth-order valence-electron chi connectivity index (χ4n) is 4.92. The lowest BCUT2D eigenvalue weighted by atomic mass is 9.87. The van der Waals surface area contributed by atoms with Crippen molar-refractivity contribution in [2.75, 3.05) is 13.9 Å². The number of benzene rings is 3. The first-order valence-corrected chi connectivity index (χ1v) is 12.1. The van der Waals surface area contributed by atoms with Crippen LogP contribution in [0.15, 0.2) is 60.8 Å². The number of pyridine rings is 1. The van der Waals surface area contributed by atoms with Crippen LogP contribution in [0.5, 0.6) is 23.0 Å². The lowest BCUT2D eigenvalue weighted by Gasteiger charge is -2.19. The summed E-state index contributed by atoms with van der Waals surface area (Å²) in [6.07, 6.45) is 2.92. The Morgan fingerprint density at radius 2 is 1.72 bits per heavy atom. The summed E-state index contributed by atoms with van der Waals surface area (Å²) >= 11 is 0. The Labute approximate surface area is 210 Å². The highest BCUT2D eigenvalue weighted by Crippen LogP contribution is 2.42. The number of fused-ring (bicyclic) bond motifs is 5. The van der Waals surface area contributed by atoms with Gasteiger partial charge in [-0.25, -0.2) is 4.79 Å². The molecule has 0 atom stereocenters. The molecule has 6 heteroatoms. The van der Waals surface area contributed by atoms with Crippen LogP contribution in [0.3, 0.4) is 0 Å². The van der Waals surface area contributed by atoms with E-state index in [2.05, 4.69) is 43.5 Å². The zero-order valence-electron chi connectivity index (χ0n) is 20.9. The summed E-state index contributed by atoms with van der Waals surface area (Å²) < 4.78 is 24.9. The van der Waals surface area contributed by atoms with E-state index in [1.54, 1.807) is 7.11 Å². The average molecular weight is 483 g/mol. The van der Waals surface area contributed by atoms with Gasteiger partial charge in [-0.2, -0.15) is 4.57 Å². The number of carbonyl (C=O) groups excluding carboxylic acids is 1. The minimum absolute atomic E-state index is 0.00937. The third kappa shape index (κ3) is 3.73. The fourth-order valence-corrected chi connectivity index (χ4v) is 4.92. The summed E-state index contributed by atoms with van der Waals surface area (Å²) in [6.45, 7) is 7.49. The van der Waals surface area contributed by atoms with Crippen LogP contribution < -0.4 is 23.5 Å². The summed E-state index contributed by atoms with van der Waals surface area (Å²) in [5.74, 6) is 2.09. The Hall–Kier alpha value is -4.06. The molecule has 0 saturated carbocycles. The average Bonchev–Trinajstić information content (AvgIpc) is 3.33. The van der Waals surface area contributed by atoms with Crippen LogP contribution in [0.4, 0.5) is 0 Å². The molecule has 2 aliphatic heterocycles. The van der Waals surface area contributed by atoms with Crippen molar-refractivity contribution in [1.29, 1.82) is 0 Å². The molecule has 0 aliphatic carbocycles. The Morgan fingerprint density at radius 3 is 2.44 bits per heavy atom. The van der Waals surface area contributed by atoms with Crippen LogP contribution in [0.25, 0.3) is 22.0 Å². The smallest absolute Gasteiger partial charge is 0.343 e. The monoisotopic (exact) mass is 482 g/mol. The van der Waals surface area contributed by atoms with Gasteiger partial charge in [-0.1, -0.05) is 32.9 Å². The second kappa shape index (κ2) is 8.26. The largest absolute Gasteiger partial charge is 0.493 e. The zero-order valence-corrected chi connectivity index (χ0v) is 20.9. The molecule has 0 unspecified atom stereocenters. The van der Waals surface area contributed by atoms with E-state index in [-0.39, 0.29) is 12.2 Å². The van der Waals surface area contributed by atoms with Gasteiger partial charge in [0.05, 0.1) is 23.6 Å². The maximum absolute atomic E-state index is 13.1. The van der Waals surface area contributed by atoms with E-state index in [9.17, 15) is 4.79 Å². The summed E-state index contributed by atoms with van der Waals surface area (Å²) in [4.78, 5) is 13.1.